The van der Waals surface area contributed by atoms with Crippen LogP contribution in [-0.4, -0.2) is 16.0 Å². The lowest BCUT2D eigenvalue weighted by atomic mass is 9.96. The first-order chi connectivity index (χ1) is 14.1. The Bertz CT molecular complexity index is 944. The van der Waals surface area contributed by atoms with Gasteiger partial charge in [0, 0.05) is 11.6 Å². The van der Waals surface area contributed by atoms with E-state index in [4.69, 9.17) is 9.97 Å². The van der Waals surface area contributed by atoms with Crippen LogP contribution in [0.1, 0.15) is 57.5 Å². The van der Waals surface area contributed by atoms with Gasteiger partial charge in [0.2, 0.25) is 0 Å². The van der Waals surface area contributed by atoms with Gasteiger partial charge in [-0.15, -0.1) is 0 Å². The number of hydrogen-bond donors (Lipinski definition) is 1. The van der Waals surface area contributed by atoms with Gasteiger partial charge in [-0.3, -0.25) is 0 Å². The second-order valence-electron chi connectivity index (χ2n) is 7.57. The van der Waals surface area contributed by atoms with Crippen LogP contribution in [0.4, 0.5) is 5.82 Å². The standard InChI is InChI=1S/C26H33N3/c1-6-21(7-2)27-26-24(9-4)28-25(23(8-3)29-26)20-15-16-22(18(5)17-20)19-13-11-10-12-14-19/h10-17,21H,6-9H2,1-5H3,(H,27,29). The van der Waals surface area contributed by atoms with Gasteiger partial charge in [0.25, 0.3) is 0 Å². The highest BCUT2D eigenvalue weighted by Gasteiger charge is 2.16. The zero-order valence-electron chi connectivity index (χ0n) is 18.4. The van der Waals surface area contributed by atoms with Gasteiger partial charge >= 0.3 is 0 Å². The zero-order valence-corrected chi connectivity index (χ0v) is 18.4. The van der Waals surface area contributed by atoms with Gasteiger partial charge in [-0.05, 0) is 55.4 Å². The Kier molecular flexibility index (Phi) is 7.03. The third-order valence-electron chi connectivity index (χ3n) is 5.62. The molecule has 0 radical (unpaired) electrons. The van der Waals surface area contributed by atoms with E-state index in [1.54, 1.807) is 0 Å². The Labute approximate surface area is 175 Å². The van der Waals surface area contributed by atoms with E-state index < -0.39 is 0 Å². The SMILES string of the molecule is CCc1nc(-c2ccc(-c3ccccc3)c(C)c2)c(CC)nc1NC(CC)CC. The van der Waals surface area contributed by atoms with Crippen molar-refractivity contribution in [2.24, 2.45) is 0 Å². The summed E-state index contributed by atoms with van der Waals surface area (Å²) in [6.07, 6.45) is 3.91. The molecule has 2 aromatic carbocycles. The molecule has 0 amide bonds. The number of aryl methyl sites for hydroxylation is 3. The van der Waals surface area contributed by atoms with Crippen molar-refractivity contribution in [2.45, 2.75) is 66.3 Å². The average Bonchev–Trinajstić information content (AvgIpc) is 2.77. The largest absolute Gasteiger partial charge is 0.366 e. The smallest absolute Gasteiger partial charge is 0.148 e. The summed E-state index contributed by atoms with van der Waals surface area (Å²) in [5, 5.41) is 3.62. The molecule has 3 aromatic rings. The monoisotopic (exact) mass is 387 g/mol. The first kappa shape index (κ1) is 21.0. The van der Waals surface area contributed by atoms with Gasteiger partial charge in [0.15, 0.2) is 0 Å². The molecule has 0 aliphatic rings. The number of rotatable bonds is 8. The van der Waals surface area contributed by atoms with Crippen molar-refractivity contribution < 1.29 is 0 Å². The van der Waals surface area contributed by atoms with Crippen LogP contribution in [0.15, 0.2) is 48.5 Å². The van der Waals surface area contributed by atoms with Crippen LogP contribution in [0.25, 0.3) is 22.4 Å². The molecule has 0 bridgehead atoms. The Balaban J connectivity index is 2.03. The molecule has 0 spiro atoms. The van der Waals surface area contributed by atoms with Gasteiger partial charge < -0.3 is 5.32 Å². The molecule has 1 heterocycles. The third-order valence-corrected chi connectivity index (χ3v) is 5.62. The van der Waals surface area contributed by atoms with Crippen molar-refractivity contribution in [3.8, 4) is 22.4 Å². The maximum absolute atomic E-state index is 5.07. The summed E-state index contributed by atoms with van der Waals surface area (Å²) in [5.41, 5.74) is 8.05. The fourth-order valence-corrected chi connectivity index (χ4v) is 3.78. The summed E-state index contributed by atoms with van der Waals surface area (Å²) < 4.78 is 0. The molecule has 29 heavy (non-hydrogen) atoms. The molecule has 152 valence electrons. The summed E-state index contributed by atoms with van der Waals surface area (Å²) in [4.78, 5) is 10.1. The number of hydrogen-bond acceptors (Lipinski definition) is 3. The number of nitrogens with one attached hydrogen (secondary N) is 1. The second kappa shape index (κ2) is 9.69. The predicted molar refractivity (Wildman–Crippen MR) is 124 cm³/mol. The van der Waals surface area contributed by atoms with Crippen molar-refractivity contribution in [3.05, 3.63) is 65.5 Å². The van der Waals surface area contributed by atoms with Crippen LogP contribution in [0.2, 0.25) is 0 Å². The number of benzene rings is 2. The molecule has 3 heteroatoms. The summed E-state index contributed by atoms with van der Waals surface area (Å²) in [6, 6.07) is 17.6. The number of anilines is 1. The molecule has 0 atom stereocenters. The maximum Gasteiger partial charge on any atom is 0.148 e. The van der Waals surface area contributed by atoms with Gasteiger partial charge in [-0.25, -0.2) is 9.97 Å². The fraction of sp³-hybridized carbons (Fsp3) is 0.385. The maximum atomic E-state index is 5.07. The van der Waals surface area contributed by atoms with E-state index in [-0.39, 0.29) is 0 Å². The lowest BCUT2D eigenvalue weighted by molar-refractivity contribution is 0.665. The van der Waals surface area contributed by atoms with Crippen LogP contribution in [0, 0.1) is 6.92 Å². The second-order valence-corrected chi connectivity index (χ2v) is 7.57. The third kappa shape index (κ3) is 4.67. The van der Waals surface area contributed by atoms with E-state index in [1.807, 2.05) is 0 Å². The van der Waals surface area contributed by atoms with Gasteiger partial charge in [-0.1, -0.05) is 70.2 Å². The van der Waals surface area contributed by atoms with Crippen molar-refractivity contribution in [1.29, 1.82) is 0 Å². The van der Waals surface area contributed by atoms with Crippen molar-refractivity contribution >= 4 is 5.82 Å². The van der Waals surface area contributed by atoms with Crippen molar-refractivity contribution in [2.75, 3.05) is 5.32 Å². The Morgan fingerprint density at radius 3 is 2.07 bits per heavy atom. The first-order valence-corrected chi connectivity index (χ1v) is 10.9. The van der Waals surface area contributed by atoms with E-state index in [0.29, 0.717) is 6.04 Å². The van der Waals surface area contributed by atoms with E-state index in [9.17, 15) is 0 Å². The van der Waals surface area contributed by atoms with E-state index in [2.05, 4.69) is 88.5 Å². The molecule has 0 saturated carbocycles. The van der Waals surface area contributed by atoms with Gasteiger partial charge in [0.05, 0.1) is 17.1 Å². The molecule has 3 rings (SSSR count). The molecule has 0 aliphatic heterocycles. The van der Waals surface area contributed by atoms with Crippen LogP contribution in [-0.2, 0) is 12.8 Å². The average molecular weight is 388 g/mol. The molecule has 3 nitrogen and oxygen atoms in total. The Hall–Kier alpha value is -2.68. The predicted octanol–water partition coefficient (Wildman–Crippen LogP) is 6.84. The topological polar surface area (TPSA) is 37.8 Å². The zero-order chi connectivity index (χ0) is 20.8. The van der Waals surface area contributed by atoms with Crippen molar-refractivity contribution in [1.82, 2.24) is 9.97 Å². The van der Waals surface area contributed by atoms with E-state index in [0.717, 1.165) is 54.1 Å². The van der Waals surface area contributed by atoms with E-state index in [1.165, 1.54) is 16.7 Å². The highest BCUT2D eigenvalue weighted by molar-refractivity contribution is 5.73. The molecular weight excluding hydrogens is 354 g/mol. The fourth-order valence-electron chi connectivity index (χ4n) is 3.78. The minimum Gasteiger partial charge on any atom is -0.366 e. The molecule has 0 saturated heterocycles. The number of aromatic nitrogens is 2. The summed E-state index contributed by atoms with van der Waals surface area (Å²) >= 11 is 0. The quantitative estimate of drug-likeness (QED) is 0.459. The highest BCUT2D eigenvalue weighted by atomic mass is 15.0. The summed E-state index contributed by atoms with van der Waals surface area (Å²) in [7, 11) is 0. The highest BCUT2D eigenvalue weighted by Crippen LogP contribution is 2.30. The Morgan fingerprint density at radius 1 is 0.793 bits per heavy atom. The summed E-state index contributed by atoms with van der Waals surface area (Å²) in [5.74, 6) is 0.958. The lowest BCUT2D eigenvalue weighted by Gasteiger charge is -2.20. The van der Waals surface area contributed by atoms with Gasteiger partial charge in [-0.2, -0.15) is 0 Å². The lowest BCUT2D eigenvalue weighted by Crippen LogP contribution is -2.20. The van der Waals surface area contributed by atoms with Crippen LogP contribution in [0.3, 0.4) is 0 Å². The molecule has 1 aromatic heterocycles. The van der Waals surface area contributed by atoms with Crippen LogP contribution < -0.4 is 5.32 Å². The normalized spacial score (nSPS) is 11.1. The first-order valence-electron chi connectivity index (χ1n) is 10.9. The molecule has 0 aliphatic carbocycles. The summed E-state index contributed by atoms with van der Waals surface area (Å²) in [6.45, 7) is 10.9. The molecule has 0 fully saturated rings. The molecular formula is C26H33N3. The Morgan fingerprint density at radius 2 is 1.48 bits per heavy atom. The van der Waals surface area contributed by atoms with Crippen molar-refractivity contribution in [3.63, 3.8) is 0 Å². The molecule has 0 unspecified atom stereocenters. The van der Waals surface area contributed by atoms with Crippen LogP contribution >= 0.6 is 0 Å². The van der Waals surface area contributed by atoms with Crippen LogP contribution in [0.5, 0.6) is 0 Å². The number of nitrogens with zero attached hydrogens (tertiary/aromatic N) is 2. The van der Waals surface area contributed by atoms with Gasteiger partial charge in [0.1, 0.15) is 5.82 Å². The van der Waals surface area contributed by atoms with E-state index >= 15 is 0 Å². The minimum atomic E-state index is 0.442. The molecule has 1 N–H and O–H groups in total. The minimum absolute atomic E-state index is 0.442.